The molecule has 3 N–H and O–H groups in total. The van der Waals surface area contributed by atoms with Crippen LogP contribution in [-0.2, 0) is 4.79 Å². The van der Waals surface area contributed by atoms with Gasteiger partial charge in [0.15, 0.2) is 5.75 Å². The largest absolute Gasteiger partial charge is 0.490 e. The third kappa shape index (κ3) is 2.97. The second kappa shape index (κ2) is 6.09. The molecule has 114 valence electrons. The van der Waals surface area contributed by atoms with E-state index in [2.05, 4.69) is 5.32 Å². The Hall–Kier alpha value is -2.15. The smallest absolute Gasteiger partial charge is 0.312 e. The third-order valence-corrected chi connectivity index (χ3v) is 4.07. The maximum absolute atomic E-state index is 12.4. The molecule has 2 rings (SSSR count). The zero-order chi connectivity index (χ0) is 15.5. The standard InChI is InChI=1S/C14H19N3O4/c1-21-12-5-4-10(8-11(12)17(19)20)16-13(18)14(9-15)6-2-3-7-14/h4-5,8H,2-3,6-7,9,15H2,1H3,(H,16,18). The molecule has 0 aromatic heterocycles. The number of hydrogen-bond acceptors (Lipinski definition) is 5. The van der Waals surface area contributed by atoms with Gasteiger partial charge < -0.3 is 15.8 Å². The van der Waals surface area contributed by atoms with Gasteiger partial charge in [0.1, 0.15) is 0 Å². The third-order valence-electron chi connectivity index (χ3n) is 4.07. The van der Waals surface area contributed by atoms with E-state index < -0.39 is 10.3 Å². The second-order valence-corrected chi connectivity index (χ2v) is 5.29. The fraction of sp³-hybridized carbons (Fsp3) is 0.500. The number of nitrogens with one attached hydrogen (secondary N) is 1. The molecule has 1 fully saturated rings. The summed E-state index contributed by atoms with van der Waals surface area (Å²) < 4.78 is 4.93. The van der Waals surface area contributed by atoms with Crippen molar-refractivity contribution >= 4 is 17.3 Å². The molecule has 0 bridgehead atoms. The highest BCUT2D eigenvalue weighted by Gasteiger charge is 2.39. The maximum atomic E-state index is 12.4. The lowest BCUT2D eigenvalue weighted by Gasteiger charge is -2.25. The monoisotopic (exact) mass is 293 g/mol. The Kier molecular flexibility index (Phi) is 4.42. The van der Waals surface area contributed by atoms with Crippen molar-refractivity contribution in [1.29, 1.82) is 0 Å². The Bertz CT molecular complexity index is 553. The van der Waals surface area contributed by atoms with Crippen molar-refractivity contribution in [1.82, 2.24) is 0 Å². The Morgan fingerprint density at radius 2 is 2.14 bits per heavy atom. The Balaban J connectivity index is 2.21. The van der Waals surface area contributed by atoms with Crippen LogP contribution in [0.2, 0.25) is 0 Å². The zero-order valence-corrected chi connectivity index (χ0v) is 11.9. The summed E-state index contributed by atoms with van der Waals surface area (Å²) >= 11 is 0. The lowest BCUT2D eigenvalue weighted by molar-refractivity contribution is -0.385. The molecule has 1 aliphatic rings. The van der Waals surface area contributed by atoms with Gasteiger partial charge in [-0.15, -0.1) is 0 Å². The first kappa shape index (κ1) is 15.2. The molecule has 0 saturated heterocycles. The van der Waals surface area contributed by atoms with Crippen LogP contribution in [0, 0.1) is 15.5 Å². The van der Waals surface area contributed by atoms with E-state index in [-0.39, 0.29) is 23.9 Å². The average Bonchev–Trinajstić information content (AvgIpc) is 2.97. The van der Waals surface area contributed by atoms with E-state index in [1.165, 1.54) is 19.2 Å². The summed E-state index contributed by atoms with van der Waals surface area (Å²) in [6.45, 7) is 0.289. The lowest BCUT2D eigenvalue weighted by atomic mass is 9.85. The van der Waals surface area contributed by atoms with E-state index >= 15 is 0 Å². The van der Waals surface area contributed by atoms with Crippen LogP contribution in [0.15, 0.2) is 18.2 Å². The first-order valence-electron chi connectivity index (χ1n) is 6.86. The van der Waals surface area contributed by atoms with Gasteiger partial charge >= 0.3 is 5.69 Å². The van der Waals surface area contributed by atoms with Gasteiger partial charge in [0.25, 0.3) is 0 Å². The van der Waals surface area contributed by atoms with E-state index in [0.717, 1.165) is 25.7 Å². The summed E-state index contributed by atoms with van der Waals surface area (Å²) in [5.74, 6) is -0.00521. The molecule has 0 atom stereocenters. The van der Waals surface area contributed by atoms with Crippen molar-refractivity contribution in [2.24, 2.45) is 11.1 Å². The predicted molar refractivity (Wildman–Crippen MR) is 78.2 cm³/mol. The quantitative estimate of drug-likeness (QED) is 0.638. The molecule has 1 aromatic rings. The van der Waals surface area contributed by atoms with E-state index in [4.69, 9.17) is 10.5 Å². The maximum Gasteiger partial charge on any atom is 0.312 e. The molecule has 0 unspecified atom stereocenters. The van der Waals surface area contributed by atoms with E-state index in [1.54, 1.807) is 6.07 Å². The molecule has 0 spiro atoms. The number of carbonyl (C=O) groups is 1. The van der Waals surface area contributed by atoms with Crippen molar-refractivity contribution in [3.05, 3.63) is 28.3 Å². The van der Waals surface area contributed by atoms with Gasteiger partial charge in [-0.2, -0.15) is 0 Å². The van der Waals surface area contributed by atoms with Crippen LogP contribution in [0.4, 0.5) is 11.4 Å². The number of rotatable bonds is 5. The van der Waals surface area contributed by atoms with Crippen LogP contribution in [-0.4, -0.2) is 24.5 Å². The number of nitrogens with two attached hydrogens (primary N) is 1. The van der Waals surface area contributed by atoms with Crippen LogP contribution in [0.25, 0.3) is 0 Å². The number of ether oxygens (including phenoxy) is 1. The van der Waals surface area contributed by atoms with Gasteiger partial charge in [-0.1, -0.05) is 12.8 Å². The van der Waals surface area contributed by atoms with Crippen LogP contribution < -0.4 is 15.8 Å². The number of hydrogen-bond donors (Lipinski definition) is 2. The Labute approximate surface area is 122 Å². The minimum Gasteiger partial charge on any atom is -0.490 e. The minimum atomic E-state index is -0.547. The highest BCUT2D eigenvalue weighted by Crippen LogP contribution is 2.38. The van der Waals surface area contributed by atoms with Crippen molar-refractivity contribution in [3.63, 3.8) is 0 Å². The van der Waals surface area contributed by atoms with E-state index in [1.807, 2.05) is 0 Å². The fourth-order valence-electron chi connectivity index (χ4n) is 2.75. The van der Waals surface area contributed by atoms with Crippen LogP contribution in [0.5, 0.6) is 5.75 Å². The highest BCUT2D eigenvalue weighted by molar-refractivity contribution is 5.96. The normalized spacial score (nSPS) is 16.5. The molecular formula is C14H19N3O4. The van der Waals surface area contributed by atoms with Gasteiger partial charge in [-0.05, 0) is 25.0 Å². The van der Waals surface area contributed by atoms with E-state index in [9.17, 15) is 14.9 Å². The topological polar surface area (TPSA) is 107 Å². The lowest BCUT2D eigenvalue weighted by Crippen LogP contribution is -2.40. The van der Waals surface area contributed by atoms with Crippen LogP contribution in [0.3, 0.4) is 0 Å². The van der Waals surface area contributed by atoms with Crippen molar-refractivity contribution in [2.75, 3.05) is 19.0 Å². The predicted octanol–water partition coefficient (Wildman–Crippen LogP) is 2.06. The van der Waals surface area contributed by atoms with Crippen LogP contribution >= 0.6 is 0 Å². The molecule has 1 amide bonds. The second-order valence-electron chi connectivity index (χ2n) is 5.29. The van der Waals surface area contributed by atoms with Gasteiger partial charge in [0.05, 0.1) is 17.4 Å². The van der Waals surface area contributed by atoms with Gasteiger partial charge in [0.2, 0.25) is 5.91 Å². The molecule has 0 radical (unpaired) electrons. The summed E-state index contributed by atoms with van der Waals surface area (Å²) in [6, 6.07) is 4.36. The molecule has 0 aliphatic heterocycles. The average molecular weight is 293 g/mol. The summed E-state index contributed by atoms with van der Waals surface area (Å²) in [6.07, 6.45) is 3.47. The number of nitrogens with zero attached hydrogens (tertiary/aromatic N) is 1. The SMILES string of the molecule is COc1ccc(NC(=O)C2(CN)CCCC2)cc1[N+](=O)[O-]. The molecular weight excluding hydrogens is 274 g/mol. The number of carbonyl (C=O) groups excluding carboxylic acids is 1. The van der Waals surface area contributed by atoms with Crippen molar-refractivity contribution in [3.8, 4) is 5.75 Å². The molecule has 1 saturated carbocycles. The van der Waals surface area contributed by atoms with Gasteiger partial charge in [0, 0.05) is 18.3 Å². The number of amides is 1. The number of benzene rings is 1. The number of nitro groups is 1. The van der Waals surface area contributed by atoms with Crippen molar-refractivity contribution < 1.29 is 14.5 Å². The summed E-state index contributed by atoms with van der Waals surface area (Å²) in [4.78, 5) is 22.9. The molecule has 1 aliphatic carbocycles. The number of methoxy groups -OCH3 is 1. The zero-order valence-electron chi connectivity index (χ0n) is 11.9. The van der Waals surface area contributed by atoms with E-state index in [0.29, 0.717) is 5.69 Å². The first-order chi connectivity index (χ1) is 10.0. The highest BCUT2D eigenvalue weighted by atomic mass is 16.6. The summed E-state index contributed by atoms with van der Waals surface area (Å²) in [5, 5.41) is 13.7. The Morgan fingerprint density at radius 3 is 2.67 bits per heavy atom. The Morgan fingerprint density at radius 1 is 1.48 bits per heavy atom. The molecule has 1 aromatic carbocycles. The van der Waals surface area contributed by atoms with Gasteiger partial charge in [-0.25, -0.2) is 0 Å². The van der Waals surface area contributed by atoms with Crippen molar-refractivity contribution in [2.45, 2.75) is 25.7 Å². The number of nitro benzene ring substituents is 1. The van der Waals surface area contributed by atoms with Gasteiger partial charge in [-0.3, -0.25) is 14.9 Å². The summed E-state index contributed by atoms with van der Waals surface area (Å²) in [7, 11) is 1.36. The minimum absolute atomic E-state index is 0.160. The first-order valence-corrected chi connectivity index (χ1v) is 6.86. The summed E-state index contributed by atoms with van der Waals surface area (Å²) in [5.41, 5.74) is 5.42. The number of anilines is 1. The molecule has 7 heteroatoms. The van der Waals surface area contributed by atoms with Crippen LogP contribution in [0.1, 0.15) is 25.7 Å². The molecule has 21 heavy (non-hydrogen) atoms. The fourth-order valence-corrected chi connectivity index (χ4v) is 2.75. The molecule has 0 heterocycles. The molecule has 7 nitrogen and oxygen atoms in total.